The second-order valence-electron chi connectivity index (χ2n) is 2.94. The van der Waals surface area contributed by atoms with Gasteiger partial charge in [0.25, 0.3) is 0 Å². The van der Waals surface area contributed by atoms with Gasteiger partial charge >= 0.3 is 5.97 Å². The van der Waals surface area contributed by atoms with Gasteiger partial charge in [-0.25, -0.2) is 4.39 Å². The van der Waals surface area contributed by atoms with Crippen molar-refractivity contribution in [1.29, 1.82) is 0 Å². The fourth-order valence-corrected chi connectivity index (χ4v) is 1.51. The summed E-state index contributed by atoms with van der Waals surface area (Å²) in [6.07, 6.45) is -1.45. The summed E-state index contributed by atoms with van der Waals surface area (Å²) in [4.78, 5) is 10.9. The number of carbonyl (C=O) groups is 1. The van der Waals surface area contributed by atoms with E-state index in [1.165, 1.54) is 19.2 Å². The summed E-state index contributed by atoms with van der Waals surface area (Å²) in [5.41, 5.74) is 0.0785. The number of aliphatic hydroxyl groups is 1. The molecule has 1 aromatic rings. The van der Waals surface area contributed by atoms with Gasteiger partial charge in [0.15, 0.2) is 0 Å². The first-order chi connectivity index (χ1) is 7.06. The third-order valence-corrected chi connectivity index (χ3v) is 2.54. The number of methoxy groups -OCH3 is 1. The van der Waals surface area contributed by atoms with E-state index in [1.54, 1.807) is 6.07 Å². The molecule has 1 N–H and O–H groups in total. The van der Waals surface area contributed by atoms with Gasteiger partial charge in [-0.3, -0.25) is 4.79 Å². The van der Waals surface area contributed by atoms with Crippen LogP contribution in [-0.4, -0.2) is 18.2 Å². The van der Waals surface area contributed by atoms with Crippen LogP contribution in [-0.2, 0) is 9.53 Å². The van der Waals surface area contributed by atoms with Gasteiger partial charge in [-0.05, 0) is 22.0 Å². The number of rotatable bonds is 3. The zero-order chi connectivity index (χ0) is 11.4. The van der Waals surface area contributed by atoms with Crippen LogP contribution in [0.1, 0.15) is 18.1 Å². The molecule has 82 valence electrons. The van der Waals surface area contributed by atoms with E-state index in [0.29, 0.717) is 0 Å². The molecule has 0 heterocycles. The van der Waals surface area contributed by atoms with Crippen LogP contribution < -0.4 is 0 Å². The van der Waals surface area contributed by atoms with E-state index in [4.69, 9.17) is 0 Å². The van der Waals surface area contributed by atoms with Gasteiger partial charge in [0.05, 0.1) is 24.1 Å². The highest BCUT2D eigenvalue weighted by atomic mass is 79.9. The van der Waals surface area contributed by atoms with Gasteiger partial charge in [0.2, 0.25) is 0 Å². The van der Waals surface area contributed by atoms with Crippen molar-refractivity contribution in [2.75, 3.05) is 7.11 Å². The molecule has 0 saturated heterocycles. The number of benzene rings is 1. The molecule has 0 saturated carbocycles. The highest BCUT2D eigenvalue weighted by Crippen LogP contribution is 2.25. The molecule has 0 aliphatic rings. The quantitative estimate of drug-likeness (QED) is 0.861. The van der Waals surface area contributed by atoms with Gasteiger partial charge in [-0.2, -0.15) is 0 Å². The maximum Gasteiger partial charge on any atom is 0.308 e. The topological polar surface area (TPSA) is 46.5 Å². The van der Waals surface area contributed by atoms with Crippen LogP contribution in [0.4, 0.5) is 4.39 Å². The van der Waals surface area contributed by atoms with Gasteiger partial charge in [-0.15, -0.1) is 0 Å². The van der Waals surface area contributed by atoms with Gasteiger partial charge < -0.3 is 9.84 Å². The Morgan fingerprint density at radius 2 is 2.33 bits per heavy atom. The molecule has 0 aromatic heterocycles. The van der Waals surface area contributed by atoms with E-state index in [9.17, 15) is 14.3 Å². The molecule has 0 aliphatic carbocycles. The number of hydrogen-bond acceptors (Lipinski definition) is 3. The molecular formula is C10H10BrFO3. The Morgan fingerprint density at radius 3 is 2.93 bits per heavy atom. The molecule has 0 radical (unpaired) electrons. The first-order valence-corrected chi connectivity index (χ1v) is 5.04. The van der Waals surface area contributed by atoms with Crippen molar-refractivity contribution >= 4 is 21.9 Å². The number of hydrogen-bond donors (Lipinski definition) is 1. The van der Waals surface area contributed by atoms with Gasteiger partial charge in [0.1, 0.15) is 5.82 Å². The largest absolute Gasteiger partial charge is 0.469 e. The lowest BCUT2D eigenvalue weighted by Gasteiger charge is -2.11. The van der Waals surface area contributed by atoms with E-state index in [0.717, 1.165) is 0 Å². The lowest BCUT2D eigenvalue weighted by molar-refractivity contribution is -0.142. The number of aliphatic hydroxyl groups excluding tert-OH is 1. The molecule has 1 aromatic carbocycles. The van der Waals surface area contributed by atoms with E-state index >= 15 is 0 Å². The van der Waals surface area contributed by atoms with E-state index in [1.807, 2.05) is 0 Å². The summed E-state index contributed by atoms with van der Waals surface area (Å²) in [7, 11) is 1.21. The predicted molar refractivity (Wildman–Crippen MR) is 55.7 cm³/mol. The maximum atomic E-state index is 13.4. The molecular weight excluding hydrogens is 267 g/mol. The Kier molecular flexibility index (Phi) is 4.23. The van der Waals surface area contributed by atoms with Crippen LogP contribution in [0, 0.1) is 5.82 Å². The fourth-order valence-electron chi connectivity index (χ4n) is 1.13. The maximum absolute atomic E-state index is 13.4. The zero-order valence-corrected chi connectivity index (χ0v) is 9.62. The molecule has 1 rings (SSSR count). The second kappa shape index (κ2) is 5.23. The van der Waals surface area contributed by atoms with Gasteiger partial charge in [-0.1, -0.05) is 12.1 Å². The van der Waals surface area contributed by atoms with Crippen LogP contribution >= 0.6 is 15.9 Å². The highest BCUT2D eigenvalue weighted by molar-refractivity contribution is 9.10. The Labute approximate surface area is 95.0 Å². The van der Waals surface area contributed by atoms with Crippen molar-refractivity contribution in [2.24, 2.45) is 0 Å². The SMILES string of the molecule is COC(=O)CC(O)c1cccc(Br)c1F. The van der Waals surface area contributed by atoms with Crippen molar-refractivity contribution in [3.8, 4) is 0 Å². The van der Waals surface area contributed by atoms with E-state index in [-0.39, 0.29) is 16.5 Å². The average Bonchev–Trinajstić information content (AvgIpc) is 2.21. The summed E-state index contributed by atoms with van der Waals surface area (Å²) in [6, 6.07) is 4.53. The molecule has 15 heavy (non-hydrogen) atoms. The molecule has 0 bridgehead atoms. The summed E-state index contributed by atoms with van der Waals surface area (Å²) in [6.45, 7) is 0. The molecule has 3 nitrogen and oxygen atoms in total. The van der Waals surface area contributed by atoms with Crippen LogP contribution in [0.2, 0.25) is 0 Å². The molecule has 1 atom stereocenters. The molecule has 5 heteroatoms. The first-order valence-electron chi connectivity index (χ1n) is 4.25. The Hall–Kier alpha value is -0.940. The Balaban J connectivity index is 2.86. The summed E-state index contributed by atoms with van der Waals surface area (Å²) >= 11 is 3.00. The minimum atomic E-state index is -1.19. The predicted octanol–water partition coefficient (Wildman–Crippen LogP) is 2.18. The number of carbonyl (C=O) groups excluding carboxylic acids is 1. The zero-order valence-electron chi connectivity index (χ0n) is 8.04. The van der Waals surface area contributed by atoms with Crippen LogP contribution in [0.15, 0.2) is 22.7 Å². The minimum Gasteiger partial charge on any atom is -0.469 e. The van der Waals surface area contributed by atoms with Crippen LogP contribution in [0.3, 0.4) is 0 Å². The summed E-state index contributed by atoms with van der Waals surface area (Å²) in [5, 5.41) is 9.57. The Bertz CT molecular complexity index is 368. The Morgan fingerprint density at radius 1 is 1.67 bits per heavy atom. The van der Waals surface area contributed by atoms with E-state index in [2.05, 4.69) is 20.7 Å². The monoisotopic (exact) mass is 276 g/mol. The number of halogens is 2. The third kappa shape index (κ3) is 3.00. The van der Waals surface area contributed by atoms with Crippen molar-refractivity contribution in [1.82, 2.24) is 0 Å². The lowest BCUT2D eigenvalue weighted by Crippen LogP contribution is -2.09. The lowest BCUT2D eigenvalue weighted by atomic mass is 10.1. The van der Waals surface area contributed by atoms with Crippen LogP contribution in [0.25, 0.3) is 0 Å². The standard InChI is InChI=1S/C10H10BrFO3/c1-15-9(14)5-8(13)6-3-2-4-7(11)10(6)12/h2-4,8,13H,5H2,1H3. The van der Waals surface area contributed by atoms with Gasteiger partial charge in [0, 0.05) is 5.56 Å². The minimum absolute atomic E-state index is 0.0785. The average molecular weight is 277 g/mol. The van der Waals surface area contributed by atoms with Crippen molar-refractivity contribution in [3.05, 3.63) is 34.1 Å². The number of ether oxygens (including phenoxy) is 1. The first kappa shape index (κ1) is 12.1. The summed E-state index contributed by atoms with van der Waals surface area (Å²) < 4.78 is 18.1. The third-order valence-electron chi connectivity index (χ3n) is 1.93. The molecule has 0 aliphatic heterocycles. The highest BCUT2D eigenvalue weighted by Gasteiger charge is 2.18. The molecule has 1 unspecified atom stereocenters. The second-order valence-corrected chi connectivity index (χ2v) is 3.79. The van der Waals surface area contributed by atoms with Crippen molar-refractivity contribution in [2.45, 2.75) is 12.5 Å². The number of esters is 1. The van der Waals surface area contributed by atoms with Crippen LogP contribution in [0.5, 0.6) is 0 Å². The molecule has 0 spiro atoms. The fraction of sp³-hybridized carbons (Fsp3) is 0.300. The van der Waals surface area contributed by atoms with Crippen molar-refractivity contribution in [3.63, 3.8) is 0 Å². The van der Waals surface area contributed by atoms with E-state index < -0.39 is 17.9 Å². The van der Waals surface area contributed by atoms with Crippen molar-refractivity contribution < 1.29 is 19.0 Å². The molecule has 0 amide bonds. The normalized spacial score (nSPS) is 12.3. The smallest absolute Gasteiger partial charge is 0.308 e. The summed E-state index contributed by atoms with van der Waals surface area (Å²) in [5.74, 6) is -1.14. The molecule has 0 fully saturated rings.